The highest BCUT2D eigenvalue weighted by molar-refractivity contribution is 8.07. The number of thiol groups is 1. The lowest BCUT2D eigenvalue weighted by atomic mass is 9.95. The Labute approximate surface area is 187 Å². The number of hydrogen-bond donors (Lipinski definition) is 2. The van der Waals surface area contributed by atoms with Gasteiger partial charge in [-0.05, 0) is 12.5 Å². The molecule has 1 radical (unpaired) electrons. The maximum atomic E-state index is 4.89. The van der Waals surface area contributed by atoms with Crippen LogP contribution < -0.4 is 0 Å². The number of aromatic nitrogens is 2. The Bertz CT molecular complexity index is 979. The summed E-state index contributed by atoms with van der Waals surface area (Å²) in [5.74, 6) is 0.730. The lowest BCUT2D eigenvalue weighted by Crippen LogP contribution is -1.90. The van der Waals surface area contributed by atoms with Crippen molar-refractivity contribution < 1.29 is 0 Å². The van der Waals surface area contributed by atoms with Crippen LogP contribution in [0.15, 0.2) is 117 Å². The molecule has 0 saturated carbocycles. The average Bonchev–Trinajstić information content (AvgIpc) is 3.19. The molecule has 30 heavy (non-hydrogen) atoms. The third-order valence-electron chi connectivity index (χ3n) is 3.95. The summed E-state index contributed by atoms with van der Waals surface area (Å²) in [4.78, 5) is 8.33. The number of rotatable bonds is 12. The van der Waals surface area contributed by atoms with Gasteiger partial charge < -0.3 is 4.98 Å². The van der Waals surface area contributed by atoms with Gasteiger partial charge in [0.05, 0.1) is 11.4 Å². The minimum atomic E-state index is 0.730. The van der Waals surface area contributed by atoms with Crippen LogP contribution in [-0.2, 0) is 0 Å². The second-order valence-electron chi connectivity index (χ2n) is 5.99. The first-order valence-corrected chi connectivity index (χ1v) is 9.93. The highest BCUT2D eigenvalue weighted by Gasteiger charge is 2.16. The maximum absolute atomic E-state index is 4.89. The maximum Gasteiger partial charge on any atom is 0.224 e. The SMILES string of the molecule is C=C/C=C\C=C(/C=C)c1[nH]c(C(/C=C\C(=C)[B]S)=C/C)nc1C(/C=C\C=C)=C/C=C. The summed E-state index contributed by atoms with van der Waals surface area (Å²) in [6, 6.07) is 0. The Morgan fingerprint density at radius 3 is 2.20 bits per heavy atom. The predicted octanol–water partition coefficient (Wildman–Crippen LogP) is 7.06. The predicted molar refractivity (Wildman–Crippen MR) is 140 cm³/mol. The highest BCUT2D eigenvalue weighted by Crippen LogP contribution is 2.28. The molecule has 0 unspecified atom stereocenters. The highest BCUT2D eigenvalue weighted by atomic mass is 32.1. The minimum Gasteiger partial charge on any atom is -0.337 e. The lowest BCUT2D eigenvalue weighted by Gasteiger charge is -2.04. The largest absolute Gasteiger partial charge is 0.337 e. The molecule has 0 fully saturated rings. The van der Waals surface area contributed by atoms with Crippen LogP contribution in [-0.4, -0.2) is 16.5 Å². The molecule has 0 atom stereocenters. The second-order valence-corrected chi connectivity index (χ2v) is 6.25. The van der Waals surface area contributed by atoms with Crippen molar-refractivity contribution in [1.29, 1.82) is 0 Å². The van der Waals surface area contributed by atoms with E-state index in [0.29, 0.717) is 0 Å². The van der Waals surface area contributed by atoms with Crippen LogP contribution in [0.3, 0.4) is 0 Å². The van der Waals surface area contributed by atoms with Crippen LogP contribution in [0.1, 0.15) is 24.1 Å². The van der Waals surface area contributed by atoms with E-state index in [1.807, 2.05) is 61.6 Å². The van der Waals surface area contributed by atoms with E-state index in [1.54, 1.807) is 30.9 Å². The molecule has 1 aromatic rings. The number of allylic oxidation sites excluding steroid dienone is 17. The number of hydrogen-bond acceptors (Lipinski definition) is 2. The van der Waals surface area contributed by atoms with E-state index in [2.05, 4.69) is 50.4 Å². The van der Waals surface area contributed by atoms with Gasteiger partial charge in [0.2, 0.25) is 6.56 Å². The molecule has 4 heteroatoms. The van der Waals surface area contributed by atoms with Crippen molar-refractivity contribution in [2.75, 3.05) is 0 Å². The van der Waals surface area contributed by atoms with Crippen molar-refractivity contribution in [3.8, 4) is 0 Å². The third-order valence-corrected chi connectivity index (χ3v) is 4.28. The average molecular weight is 411 g/mol. The van der Waals surface area contributed by atoms with Crippen molar-refractivity contribution in [3.63, 3.8) is 0 Å². The van der Waals surface area contributed by atoms with Crippen LogP contribution in [0.4, 0.5) is 0 Å². The monoisotopic (exact) mass is 411 g/mol. The summed E-state index contributed by atoms with van der Waals surface area (Å²) in [6.45, 7) is 22.8. The molecular formula is C26H28BN2S. The normalized spacial score (nSPS) is 13.2. The molecule has 1 rings (SSSR count). The van der Waals surface area contributed by atoms with E-state index in [4.69, 9.17) is 4.98 Å². The quantitative estimate of drug-likeness (QED) is 0.215. The van der Waals surface area contributed by atoms with Crippen LogP contribution >= 0.6 is 12.5 Å². The molecule has 0 saturated heterocycles. The number of nitrogens with zero attached hydrogens (tertiary/aromatic N) is 1. The van der Waals surface area contributed by atoms with Crippen molar-refractivity contribution in [2.24, 2.45) is 0 Å². The van der Waals surface area contributed by atoms with Crippen molar-refractivity contribution in [2.45, 2.75) is 6.92 Å². The van der Waals surface area contributed by atoms with Crippen LogP contribution in [0, 0.1) is 0 Å². The van der Waals surface area contributed by atoms with Gasteiger partial charge in [0.25, 0.3) is 0 Å². The Morgan fingerprint density at radius 1 is 0.900 bits per heavy atom. The molecule has 0 aliphatic carbocycles. The first kappa shape index (κ1) is 24.8. The first-order chi connectivity index (χ1) is 14.6. The molecule has 0 bridgehead atoms. The van der Waals surface area contributed by atoms with E-state index in [1.165, 1.54) is 0 Å². The van der Waals surface area contributed by atoms with E-state index in [0.717, 1.165) is 39.4 Å². The summed E-state index contributed by atoms with van der Waals surface area (Å²) in [7, 11) is 0. The summed E-state index contributed by atoms with van der Waals surface area (Å²) in [6.07, 6.45) is 24.2. The molecule has 0 aliphatic rings. The fourth-order valence-corrected chi connectivity index (χ4v) is 2.57. The van der Waals surface area contributed by atoms with Crippen LogP contribution in [0.5, 0.6) is 0 Å². The Kier molecular flexibility index (Phi) is 11.5. The molecule has 0 aromatic carbocycles. The fraction of sp³-hybridized carbons (Fsp3) is 0.0385. The molecule has 151 valence electrons. The molecule has 1 aromatic heterocycles. The zero-order chi connectivity index (χ0) is 22.4. The number of nitrogens with one attached hydrogen (secondary N) is 1. The first-order valence-electron chi connectivity index (χ1n) is 9.41. The van der Waals surface area contributed by atoms with Crippen LogP contribution in [0.2, 0.25) is 0 Å². The topological polar surface area (TPSA) is 28.7 Å². The Balaban J connectivity index is 3.71. The summed E-state index contributed by atoms with van der Waals surface area (Å²) in [5.41, 5.74) is 5.16. The van der Waals surface area contributed by atoms with Gasteiger partial charge in [-0.1, -0.05) is 111 Å². The minimum absolute atomic E-state index is 0.730. The molecule has 2 nitrogen and oxygen atoms in total. The molecule has 0 aliphatic heterocycles. The van der Waals surface area contributed by atoms with Gasteiger partial charge in [0.15, 0.2) is 0 Å². The molecular weight excluding hydrogens is 383 g/mol. The van der Waals surface area contributed by atoms with E-state index >= 15 is 0 Å². The molecule has 1 N–H and O–H groups in total. The van der Waals surface area contributed by atoms with Gasteiger partial charge in [-0.2, -0.15) is 0 Å². The van der Waals surface area contributed by atoms with Gasteiger partial charge in [-0.15, -0.1) is 6.58 Å². The smallest absolute Gasteiger partial charge is 0.224 e. The summed E-state index contributed by atoms with van der Waals surface area (Å²) in [5, 5.41) is 0. The van der Waals surface area contributed by atoms with E-state index < -0.39 is 0 Å². The van der Waals surface area contributed by atoms with Crippen molar-refractivity contribution in [3.05, 3.63) is 135 Å². The van der Waals surface area contributed by atoms with Crippen molar-refractivity contribution in [1.82, 2.24) is 9.97 Å². The molecule has 1 heterocycles. The van der Waals surface area contributed by atoms with Gasteiger partial charge in [-0.25, -0.2) is 17.5 Å². The van der Waals surface area contributed by atoms with Crippen molar-refractivity contribution >= 4 is 35.8 Å². The van der Waals surface area contributed by atoms with Gasteiger partial charge in [-0.3, -0.25) is 0 Å². The molecule has 0 amide bonds. The van der Waals surface area contributed by atoms with Gasteiger partial charge in [0, 0.05) is 11.1 Å². The van der Waals surface area contributed by atoms with Gasteiger partial charge in [0.1, 0.15) is 5.82 Å². The van der Waals surface area contributed by atoms with Crippen LogP contribution in [0.25, 0.3) is 16.7 Å². The fourth-order valence-electron chi connectivity index (χ4n) is 2.48. The van der Waals surface area contributed by atoms with E-state index in [-0.39, 0.29) is 0 Å². The second kappa shape index (κ2) is 13.9. The lowest BCUT2D eigenvalue weighted by molar-refractivity contribution is 1.23. The Morgan fingerprint density at radius 2 is 1.63 bits per heavy atom. The zero-order valence-corrected chi connectivity index (χ0v) is 18.4. The number of H-pyrrole nitrogens is 1. The Hall–Kier alpha value is -3.24. The standard InChI is InChI=1S/C26H28BN2S/c1-7-12-14-17-21(10-4)24-25(23(15-9-3)16-13-8-2)29-26(28-24)22(11-5)19-18-20(6)27-30/h7-19,30H,1-4,6H2,5H3,(H,28,29)/b14-12-,16-13-,19-18-,21-17+,22-11+,23-15+. The summed E-state index contributed by atoms with van der Waals surface area (Å²) >= 11 is 4.13. The number of aromatic amines is 1. The summed E-state index contributed by atoms with van der Waals surface area (Å²) < 4.78 is 0. The van der Waals surface area contributed by atoms with Gasteiger partial charge >= 0.3 is 0 Å². The number of imidazole rings is 1. The third kappa shape index (κ3) is 7.30. The molecule has 0 spiro atoms. The zero-order valence-electron chi connectivity index (χ0n) is 17.5. The van der Waals surface area contributed by atoms with E-state index in [9.17, 15) is 0 Å².